The van der Waals surface area contributed by atoms with E-state index >= 15 is 0 Å². The molecular weight excluding hydrogens is 290 g/mol. The molecule has 1 aromatic rings. The van der Waals surface area contributed by atoms with Crippen molar-refractivity contribution in [1.29, 1.82) is 0 Å². The van der Waals surface area contributed by atoms with Crippen LogP contribution < -0.4 is 11.1 Å². The van der Waals surface area contributed by atoms with Crippen molar-refractivity contribution in [3.05, 3.63) is 35.3 Å². The Morgan fingerprint density at radius 1 is 1.39 bits per heavy atom. The minimum Gasteiger partial charge on any atom is -0.462 e. The Hall–Kier alpha value is -1.88. The molecule has 2 rings (SSSR count). The van der Waals surface area contributed by atoms with Crippen molar-refractivity contribution in [3.63, 3.8) is 0 Å². The lowest BCUT2D eigenvalue weighted by Crippen LogP contribution is -2.17. The lowest BCUT2D eigenvalue weighted by molar-refractivity contribution is -0.138. The first-order valence-electron chi connectivity index (χ1n) is 7.83. The summed E-state index contributed by atoms with van der Waals surface area (Å²) in [5, 5.41) is 2.75. The van der Waals surface area contributed by atoms with Gasteiger partial charge in [0, 0.05) is 11.9 Å². The van der Waals surface area contributed by atoms with Crippen LogP contribution in [0, 0.1) is 0 Å². The average Bonchev–Trinajstić information content (AvgIpc) is 3.23. The number of carbonyl (C=O) groups is 1. The fourth-order valence-electron chi connectivity index (χ4n) is 1.65. The van der Waals surface area contributed by atoms with E-state index in [2.05, 4.69) is 21.1 Å². The molecule has 0 unspecified atom stereocenters. The van der Waals surface area contributed by atoms with Gasteiger partial charge in [0.25, 0.3) is 6.47 Å². The highest BCUT2D eigenvalue weighted by molar-refractivity contribution is 5.53. The maximum atomic E-state index is 9.60. The number of carbonyl (C=O) groups excluding carboxylic acids is 1. The zero-order chi connectivity index (χ0) is 17.9. The number of ether oxygens (including phenoxy) is 1. The number of nitrogens with one attached hydrogen (secondary N) is 1. The van der Waals surface area contributed by atoms with Crippen LogP contribution in [0.2, 0.25) is 0 Å². The van der Waals surface area contributed by atoms with Gasteiger partial charge in [0.15, 0.2) is 0 Å². The third-order valence-electron chi connectivity index (χ3n) is 2.65. The van der Waals surface area contributed by atoms with Crippen molar-refractivity contribution in [2.75, 3.05) is 14.1 Å². The SMILES string of the molecule is C/C(N)=C/c1ncccc1C1CC1.CC(C)(C)OC=O.CNC. The van der Waals surface area contributed by atoms with Crippen LogP contribution in [0.15, 0.2) is 24.0 Å². The van der Waals surface area contributed by atoms with Crippen LogP contribution >= 0.6 is 0 Å². The second kappa shape index (κ2) is 10.8. The molecule has 0 aliphatic heterocycles. The van der Waals surface area contributed by atoms with Gasteiger partial charge in [0.2, 0.25) is 0 Å². The van der Waals surface area contributed by atoms with Crippen molar-refractivity contribution in [2.45, 2.75) is 52.1 Å². The summed E-state index contributed by atoms with van der Waals surface area (Å²) in [6.07, 6.45) is 6.38. The molecule has 0 amide bonds. The first kappa shape index (κ1) is 21.1. The third kappa shape index (κ3) is 11.4. The molecule has 0 bridgehead atoms. The summed E-state index contributed by atoms with van der Waals surface area (Å²) in [6.45, 7) is 7.82. The molecule has 0 radical (unpaired) electrons. The molecule has 23 heavy (non-hydrogen) atoms. The molecule has 0 aromatic carbocycles. The fraction of sp³-hybridized carbons (Fsp3) is 0.556. The fourth-order valence-corrected chi connectivity index (χ4v) is 1.65. The minimum atomic E-state index is -0.318. The predicted octanol–water partition coefficient (Wildman–Crippen LogP) is 3.07. The standard InChI is InChI=1S/C11H14N2.C5H10O2.C2H7N/c1-8(12)7-11-10(9-4-5-9)3-2-6-13-11;1-5(2,3)7-4-6;1-3-2/h2-3,6-7,9H,4-5,12H2,1H3;4H,1-3H3;3H,1-2H3/b8-7-;;. The zero-order valence-corrected chi connectivity index (χ0v) is 15.2. The van der Waals surface area contributed by atoms with Gasteiger partial charge in [-0.25, -0.2) is 0 Å². The van der Waals surface area contributed by atoms with E-state index in [0.717, 1.165) is 17.3 Å². The summed E-state index contributed by atoms with van der Waals surface area (Å²) in [4.78, 5) is 13.9. The van der Waals surface area contributed by atoms with Gasteiger partial charge < -0.3 is 15.8 Å². The molecule has 1 aromatic heterocycles. The van der Waals surface area contributed by atoms with Crippen molar-refractivity contribution in [1.82, 2.24) is 10.3 Å². The first-order chi connectivity index (χ1) is 10.7. The number of allylic oxidation sites excluding steroid dienone is 1. The summed E-state index contributed by atoms with van der Waals surface area (Å²) in [5.74, 6) is 0.735. The van der Waals surface area contributed by atoms with Crippen molar-refractivity contribution in [3.8, 4) is 0 Å². The largest absolute Gasteiger partial charge is 0.462 e. The van der Waals surface area contributed by atoms with Gasteiger partial charge in [0.1, 0.15) is 5.60 Å². The lowest BCUT2D eigenvalue weighted by atomic mass is 10.1. The number of aromatic nitrogens is 1. The van der Waals surface area contributed by atoms with Crippen LogP contribution in [0.1, 0.15) is 57.7 Å². The number of hydrogen-bond donors (Lipinski definition) is 2. The number of hydrogen-bond acceptors (Lipinski definition) is 5. The Labute approximate surface area is 140 Å². The van der Waals surface area contributed by atoms with E-state index in [1.54, 1.807) is 0 Å². The molecule has 1 aliphatic carbocycles. The van der Waals surface area contributed by atoms with Gasteiger partial charge in [0.05, 0.1) is 5.69 Å². The molecule has 0 spiro atoms. The molecule has 3 N–H and O–H groups in total. The van der Waals surface area contributed by atoms with Crippen molar-refractivity contribution >= 4 is 12.5 Å². The number of nitrogens with two attached hydrogens (primary N) is 1. The summed E-state index contributed by atoms with van der Waals surface area (Å²) < 4.78 is 4.55. The molecule has 1 aliphatic rings. The molecule has 1 heterocycles. The summed E-state index contributed by atoms with van der Waals surface area (Å²) in [7, 11) is 3.75. The Morgan fingerprint density at radius 3 is 2.30 bits per heavy atom. The molecule has 5 nitrogen and oxygen atoms in total. The Balaban J connectivity index is 0.000000412. The summed E-state index contributed by atoms with van der Waals surface area (Å²) in [6, 6.07) is 4.15. The monoisotopic (exact) mass is 321 g/mol. The maximum absolute atomic E-state index is 9.60. The molecule has 5 heteroatoms. The van der Waals surface area contributed by atoms with E-state index in [4.69, 9.17) is 5.73 Å². The third-order valence-corrected chi connectivity index (χ3v) is 2.65. The maximum Gasteiger partial charge on any atom is 0.293 e. The van der Waals surface area contributed by atoms with Gasteiger partial charge in [-0.3, -0.25) is 9.78 Å². The van der Waals surface area contributed by atoms with Crippen LogP contribution in [-0.2, 0) is 9.53 Å². The van der Waals surface area contributed by atoms with E-state index in [1.165, 1.54) is 18.4 Å². The van der Waals surface area contributed by atoms with Gasteiger partial charge in [-0.15, -0.1) is 0 Å². The van der Waals surface area contributed by atoms with E-state index in [9.17, 15) is 4.79 Å². The predicted molar refractivity (Wildman–Crippen MR) is 95.9 cm³/mol. The van der Waals surface area contributed by atoms with Crippen LogP contribution in [0.3, 0.4) is 0 Å². The Kier molecular flexibility index (Phi) is 9.90. The molecule has 1 saturated carbocycles. The van der Waals surface area contributed by atoms with E-state index in [1.807, 2.05) is 60.1 Å². The topological polar surface area (TPSA) is 77.2 Å². The van der Waals surface area contributed by atoms with Crippen LogP contribution in [0.4, 0.5) is 0 Å². The van der Waals surface area contributed by atoms with Gasteiger partial charge in [-0.1, -0.05) is 6.07 Å². The molecule has 1 fully saturated rings. The first-order valence-corrected chi connectivity index (χ1v) is 7.83. The lowest BCUT2D eigenvalue weighted by Gasteiger charge is -2.14. The normalized spacial score (nSPS) is 13.9. The highest BCUT2D eigenvalue weighted by Crippen LogP contribution is 2.41. The number of pyridine rings is 1. The second-order valence-electron chi connectivity index (χ2n) is 6.47. The molecule has 0 saturated heterocycles. The van der Waals surface area contributed by atoms with E-state index in [0.29, 0.717) is 6.47 Å². The van der Waals surface area contributed by atoms with Gasteiger partial charge in [-0.2, -0.15) is 0 Å². The van der Waals surface area contributed by atoms with Gasteiger partial charge >= 0.3 is 0 Å². The van der Waals surface area contributed by atoms with E-state index < -0.39 is 0 Å². The molecular formula is C18H31N3O2. The average molecular weight is 321 g/mol. The van der Waals surface area contributed by atoms with Crippen molar-refractivity contribution < 1.29 is 9.53 Å². The van der Waals surface area contributed by atoms with Crippen LogP contribution in [-0.4, -0.2) is 31.2 Å². The second-order valence-corrected chi connectivity index (χ2v) is 6.47. The Bertz CT molecular complexity index is 485. The Morgan fingerprint density at radius 2 is 1.96 bits per heavy atom. The number of nitrogens with zero attached hydrogens (tertiary/aromatic N) is 1. The van der Waals surface area contributed by atoms with Gasteiger partial charge in [-0.05, 0) is 78.3 Å². The van der Waals surface area contributed by atoms with Crippen LogP contribution in [0.25, 0.3) is 6.08 Å². The van der Waals surface area contributed by atoms with Crippen LogP contribution in [0.5, 0.6) is 0 Å². The summed E-state index contributed by atoms with van der Waals surface area (Å²) in [5.41, 5.74) is 8.54. The molecule has 130 valence electrons. The highest BCUT2D eigenvalue weighted by Gasteiger charge is 2.25. The zero-order valence-electron chi connectivity index (χ0n) is 15.2. The molecule has 0 atom stereocenters. The quantitative estimate of drug-likeness (QED) is 0.837. The number of rotatable bonds is 3. The van der Waals surface area contributed by atoms with E-state index in [-0.39, 0.29) is 5.60 Å². The smallest absolute Gasteiger partial charge is 0.293 e. The highest BCUT2D eigenvalue weighted by atomic mass is 16.5. The summed E-state index contributed by atoms with van der Waals surface area (Å²) >= 11 is 0. The minimum absolute atomic E-state index is 0.318. The van der Waals surface area contributed by atoms with Crippen molar-refractivity contribution in [2.24, 2.45) is 5.73 Å².